The maximum Gasteiger partial charge on any atom is 0.241 e. The van der Waals surface area contributed by atoms with Gasteiger partial charge in [0.25, 0.3) is 0 Å². The fourth-order valence-corrected chi connectivity index (χ4v) is 5.53. The third-order valence-electron chi connectivity index (χ3n) is 3.83. The number of aryl methyl sites for hydroxylation is 1. The van der Waals surface area contributed by atoms with E-state index in [2.05, 4.69) is 23.9 Å². The second kappa shape index (κ2) is 7.22. The quantitative estimate of drug-likeness (QED) is 0.684. The number of hydrogen-bond acceptors (Lipinski definition) is 4. The number of rotatable bonds is 9. The number of hydrogen-bond donors (Lipinski definition) is 2. The van der Waals surface area contributed by atoms with E-state index in [1.54, 1.807) is 11.3 Å². The van der Waals surface area contributed by atoms with Gasteiger partial charge in [0.15, 0.2) is 0 Å². The highest BCUT2D eigenvalue weighted by atomic mass is 32.2. The molecule has 1 fully saturated rings. The van der Waals surface area contributed by atoms with Crippen LogP contribution in [-0.2, 0) is 16.6 Å². The van der Waals surface area contributed by atoms with E-state index in [0.717, 1.165) is 48.5 Å². The number of thiophene rings is 1. The normalized spacial score (nSPS) is 21.7. The lowest BCUT2D eigenvalue weighted by molar-refractivity contribution is 0.573. The van der Waals surface area contributed by atoms with Gasteiger partial charge in [0.2, 0.25) is 10.0 Å². The molecule has 1 aromatic heterocycles. The van der Waals surface area contributed by atoms with Crippen molar-refractivity contribution >= 4 is 21.4 Å². The molecule has 2 unspecified atom stereocenters. The molecule has 1 saturated carbocycles. The van der Waals surface area contributed by atoms with Crippen LogP contribution in [0, 0.1) is 12.8 Å². The summed E-state index contributed by atoms with van der Waals surface area (Å²) in [6.07, 6.45) is 4.30. The lowest BCUT2D eigenvalue weighted by Crippen LogP contribution is -2.27. The Labute approximate surface area is 132 Å². The van der Waals surface area contributed by atoms with Gasteiger partial charge in [-0.2, -0.15) is 0 Å². The summed E-state index contributed by atoms with van der Waals surface area (Å²) in [7, 11) is -3.36. The molecule has 0 aliphatic heterocycles. The number of nitrogens with one attached hydrogen (secondary N) is 2. The Hall–Kier alpha value is -0.430. The third kappa shape index (κ3) is 4.52. The van der Waals surface area contributed by atoms with Crippen LogP contribution < -0.4 is 10.0 Å². The summed E-state index contributed by atoms with van der Waals surface area (Å²) in [5.41, 5.74) is 0. The van der Waals surface area contributed by atoms with Gasteiger partial charge in [-0.15, -0.1) is 11.3 Å². The standard InChI is InChI=1S/C15H26N2O2S2/c1-4-6-12-8-14(12)17-21(18,19)15-9-13(20-11(15)3)10-16-7-5-2/h9,12,14,16-17H,4-8,10H2,1-3H3. The summed E-state index contributed by atoms with van der Waals surface area (Å²) in [5.74, 6) is 0.536. The summed E-state index contributed by atoms with van der Waals surface area (Å²) in [6, 6.07) is 1.97. The van der Waals surface area contributed by atoms with E-state index >= 15 is 0 Å². The van der Waals surface area contributed by atoms with E-state index in [-0.39, 0.29) is 6.04 Å². The molecule has 0 bridgehead atoms. The van der Waals surface area contributed by atoms with Crippen molar-refractivity contribution in [1.29, 1.82) is 0 Å². The summed E-state index contributed by atoms with van der Waals surface area (Å²) < 4.78 is 27.8. The molecule has 1 heterocycles. The molecule has 1 aromatic rings. The highest BCUT2D eigenvalue weighted by Crippen LogP contribution is 2.36. The Morgan fingerprint density at radius 1 is 1.33 bits per heavy atom. The molecular weight excluding hydrogens is 304 g/mol. The Bertz CT molecular complexity index is 566. The second-order valence-electron chi connectivity index (χ2n) is 5.82. The summed E-state index contributed by atoms with van der Waals surface area (Å²) in [4.78, 5) is 2.42. The van der Waals surface area contributed by atoms with Gasteiger partial charge in [-0.05, 0) is 44.7 Å². The van der Waals surface area contributed by atoms with Crippen LogP contribution in [-0.4, -0.2) is 21.0 Å². The monoisotopic (exact) mass is 330 g/mol. The summed E-state index contributed by atoms with van der Waals surface area (Å²) in [6.45, 7) is 7.85. The van der Waals surface area contributed by atoms with E-state index in [9.17, 15) is 8.42 Å². The van der Waals surface area contributed by atoms with Crippen LogP contribution in [0.25, 0.3) is 0 Å². The van der Waals surface area contributed by atoms with E-state index < -0.39 is 10.0 Å². The van der Waals surface area contributed by atoms with Crippen LogP contribution in [0.4, 0.5) is 0 Å². The highest BCUT2D eigenvalue weighted by Gasteiger charge is 2.39. The fourth-order valence-electron chi connectivity index (χ4n) is 2.61. The molecule has 2 N–H and O–H groups in total. The Morgan fingerprint density at radius 2 is 2.10 bits per heavy atom. The van der Waals surface area contributed by atoms with Gasteiger partial charge in [-0.3, -0.25) is 0 Å². The molecular formula is C15H26N2O2S2. The molecule has 4 nitrogen and oxygen atoms in total. The molecule has 0 saturated heterocycles. The molecule has 0 amide bonds. The molecule has 1 aliphatic rings. The zero-order valence-corrected chi connectivity index (χ0v) is 14.7. The van der Waals surface area contributed by atoms with Gasteiger partial charge < -0.3 is 5.32 Å². The first-order valence-electron chi connectivity index (χ1n) is 7.80. The van der Waals surface area contributed by atoms with E-state index in [0.29, 0.717) is 10.8 Å². The minimum absolute atomic E-state index is 0.149. The predicted molar refractivity (Wildman–Crippen MR) is 88.2 cm³/mol. The molecule has 2 atom stereocenters. The lowest BCUT2D eigenvalue weighted by atomic mass is 10.2. The molecule has 2 rings (SSSR count). The van der Waals surface area contributed by atoms with Crippen LogP contribution >= 0.6 is 11.3 Å². The molecule has 0 aromatic carbocycles. The van der Waals surface area contributed by atoms with Gasteiger partial charge >= 0.3 is 0 Å². The van der Waals surface area contributed by atoms with Crippen LogP contribution in [0.2, 0.25) is 0 Å². The first-order valence-corrected chi connectivity index (χ1v) is 10.1. The Kier molecular flexibility index (Phi) is 5.82. The molecule has 21 heavy (non-hydrogen) atoms. The minimum atomic E-state index is -3.36. The predicted octanol–water partition coefficient (Wildman–Crippen LogP) is 3.02. The van der Waals surface area contributed by atoms with Crippen molar-refractivity contribution < 1.29 is 8.42 Å². The molecule has 0 spiro atoms. The Morgan fingerprint density at radius 3 is 2.76 bits per heavy atom. The molecule has 6 heteroatoms. The largest absolute Gasteiger partial charge is 0.312 e. The van der Waals surface area contributed by atoms with Gasteiger partial charge in [0, 0.05) is 22.3 Å². The van der Waals surface area contributed by atoms with Crippen molar-refractivity contribution in [3.63, 3.8) is 0 Å². The van der Waals surface area contributed by atoms with Crippen molar-refractivity contribution in [2.45, 2.75) is 63.9 Å². The van der Waals surface area contributed by atoms with Crippen LogP contribution in [0.1, 0.15) is 49.3 Å². The SMILES string of the molecule is CCCNCc1cc(S(=O)(=O)NC2CC2CCC)c(C)s1. The van der Waals surface area contributed by atoms with Crippen LogP contribution in [0.3, 0.4) is 0 Å². The van der Waals surface area contributed by atoms with Gasteiger partial charge in [-0.1, -0.05) is 20.3 Å². The Balaban J connectivity index is 1.99. The molecule has 120 valence electrons. The smallest absolute Gasteiger partial charge is 0.241 e. The lowest BCUT2D eigenvalue weighted by Gasteiger charge is -2.05. The zero-order chi connectivity index (χ0) is 15.5. The maximum atomic E-state index is 12.5. The first-order chi connectivity index (χ1) is 9.97. The summed E-state index contributed by atoms with van der Waals surface area (Å²) in [5, 5.41) is 3.32. The van der Waals surface area contributed by atoms with E-state index in [1.165, 1.54) is 0 Å². The topological polar surface area (TPSA) is 58.2 Å². The van der Waals surface area contributed by atoms with Crippen molar-refractivity contribution in [3.8, 4) is 0 Å². The zero-order valence-electron chi connectivity index (χ0n) is 13.1. The van der Waals surface area contributed by atoms with Crippen molar-refractivity contribution in [3.05, 3.63) is 15.8 Å². The average molecular weight is 331 g/mol. The van der Waals surface area contributed by atoms with Gasteiger partial charge in [-0.25, -0.2) is 13.1 Å². The van der Waals surface area contributed by atoms with Crippen LogP contribution in [0.15, 0.2) is 11.0 Å². The van der Waals surface area contributed by atoms with Crippen LogP contribution in [0.5, 0.6) is 0 Å². The number of sulfonamides is 1. The molecule has 1 aliphatic carbocycles. The average Bonchev–Trinajstić information content (AvgIpc) is 2.99. The first kappa shape index (κ1) is 16.9. The highest BCUT2D eigenvalue weighted by molar-refractivity contribution is 7.89. The maximum absolute atomic E-state index is 12.5. The third-order valence-corrected chi connectivity index (χ3v) is 6.62. The second-order valence-corrected chi connectivity index (χ2v) is 8.85. The van der Waals surface area contributed by atoms with Gasteiger partial charge in [0.1, 0.15) is 0 Å². The van der Waals surface area contributed by atoms with E-state index in [4.69, 9.17) is 0 Å². The summed E-state index contributed by atoms with van der Waals surface area (Å²) >= 11 is 1.57. The van der Waals surface area contributed by atoms with Crippen molar-refractivity contribution in [2.75, 3.05) is 6.54 Å². The van der Waals surface area contributed by atoms with Crippen molar-refractivity contribution in [1.82, 2.24) is 10.0 Å². The van der Waals surface area contributed by atoms with Gasteiger partial charge in [0.05, 0.1) is 4.90 Å². The fraction of sp³-hybridized carbons (Fsp3) is 0.733. The van der Waals surface area contributed by atoms with Crippen molar-refractivity contribution in [2.24, 2.45) is 5.92 Å². The molecule has 0 radical (unpaired) electrons. The minimum Gasteiger partial charge on any atom is -0.312 e. The van der Waals surface area contributed by atoms with E-state index in [1.807, 2.05) is 13.0 Å².